The average molecular weight is 740 g/mol. The van der Waals surface area contributed by atoms with E-state index in [4.69, 9.17) is 38.1 Å². The molecule has 0 spiro atoms. The standard InChI is InChI=1S/C26H36ClN7O7S.C2HF3O2/c1-34(2)20-9-3-7-17-16(20)6-4-10-22(17)42(40,41)33-19(11-12-24(37)38)25(39)31-15-23(36)32-18(21(35)14-27)8-5-13-30-26(28)29;3-2(4,5)1(6)7/h3-4,6-7,9-10,18-19,33H,5,8,11-15H2,1-2H3,(H,31,39)(H,32,36)(H,37,38)(H4,28,29,30);(H,6,7)/t18-,19-;/m0./s1. The molecule has 0 aliphatic carbocycles. The van der Waals surface area contributed by atoms with Crippen LogP contribution in [0.15, 0.2) is 46.3 Å². The number of anilines is 1. The van der Waals surface area contributed by atoms with E-state index >= 15 is 0 Å². The number of carboxylic acids is 2. The van der Waals surface area contributed by atoms with E-state index in [-0.39, 0.29) is 36.1 Å². The molecule has 0 saturated heterocycles. The number of ketones is 1. The molecule has 2 aromatic rings. The zero-order valence-corrected chi connectivity index (χ0v) is 27.9. The van der Waals surface area contributed by atoms with Crippen molar-refractivity contribution in [3.05, 3.63) is 36.4 Å². The molecule has 16 nitrogen and oxygen atoms in total. The van der Waals surface area contributed by atoms with Crippen LogP contribution in [0.4, 0.5) is 18.9 Å². The third-order valence-corrected chi connectivity index (χ3v) is 8.15. The summed E-state index contributed by atoms with van der Waals surface area (Å²) in [4.78, 5) is 63.3. The van der Waals surface area contributed by atoms with Gasteiger partial charge >= 0.3 is 18.1 Å². The van der Waals surface area contributed by atoms with Gasteiger partial charge in [0.1, 0.15) is 6.04 Å². The number of hydrogen-bond acceptors (Lipinski definition) is 9. The van der Waals surface area contributed by atoms with E-state index < -0.39 is 70.8 Å². The van der Waals surface area contributed by atoms with E-state index in [1.165, 1.54) is 6.07 Å². The Labute approximate surface area is 284 Å². The molecule has 2 amide bonds. The highest BCUT2D eigenvalue weighted by Crippen LogP contribution is 2.30. The molecule has 0 heterocycles. The highest BCUT2D eigenvalue weighted by atomic mass is 35.5. The zero-order valence-electron chi connectivity index (χ0n) is 26.3. The van der Waals surface area contributed by atoms with Gasteiger partial charge in [-0.15, -0.1) is 11.6 Å². The van der Waals surface area contributed by atoms with Crippen LogP contribution in [-0.2, 0) is 34.0 Å². The van der Waals surface area contributed by atoms with E-state index in [1.807, 2.05) is 25.1 Å². The van der Waals surface area contributed by atoms with Gasteiger partial charge < -0.3 is 37.2 Å². The number of nitrogens with one attached hydrogen (secondary N) is 3. The first-order valence-corrected chi connectivity index (χ1v) is 16.2. The van der Waals surface area contributed by atoms with Gasteiger partial charge in [0.25, 0.3) is 0 Å². The summed E-state index contributed by atoms with van der Waals surface area (Å²) in [5.41, 5.74) is 11.3. The number of halogens is 4. The summed E-state index contributed by atoms with van der Waals surface area (Å²) in [6, 6.07) is 7.40. The van der Waals surface area contributed by atoms with Gasteiger partial charge in [-0.2, -0.15) is 17.9 Å². The number of guanidine groups is 1. The van der Waals surface area contributed by atoms with Gasteiger partial charge in [-0.1, -0.05) is 24.3 Å². The predicted octanol–water partition coefficient (Wildman–Crippen LogP) is 0.513. The number of nitrogens with two attached hydrogens (primary N) is 2. The van der Waals surface area contributed by atoms with Crippen LogP contribution < -0.4 is 31.7 Å². The van der Waals surface area contributed by atoms with Crippen LogP contribution in [0.5, 0.6) is 0 Å². The lowest BCUT2D eigenvalue weighted by Crippen LogP contribution is -2.51. The van der Waals surface area contributed by atoms with Crippen LogP contribution in [0.1, 0.15) is 25.7 Å². The van der Waals surface area contributed by atoms with Gasteiger partial charge in [-0.3, -0.25) is 24.2 Å². The molecule has 0 saturated carbocycles. The van der Waals surface area contributed by atoms with Crippen LogP contribution in [0.3, 0.4) is 0 Å². The van der Waals surface area contributed by atoms with Crippen LogP contribution in [0.25, 0.3) is 10.8 Å². The van der Waals surface area contributed by atoms with Crippen molar-refractivity contribution in [1.29, 1.82) is 0 Å². The van der Waals surface area contributed by atoms with E-state index in [0.29, 0.717) is 17.2 Å². The second kappa shape index (κ2) is 19.3. The van der Waals surface area contributed by atoms with Crippen LogP contribution >= 0.6 is 11.6 Å². The summed E-state index contributed by atoms with van der Waals surface area (Å²) in [5.74, 6) is -6.59. The summed E-state index contributed by atoms with van der Waals surface area (Å²) < 4.78 is 60.9. The van der Waals surface area contributed by atoms with Crippen molar-refractivity contribution in [2.45, 2.75) is 48.8 Å². The van der Waals surface area contributed by atoms with Crippen molar-refractivity contribution in [3.8, 4) is 0 Å². The smallest absolute Gasteiger partial charge is 0.481 e. The number of carboxylic acid groups (broad SMARTS) is 2. The summed E-state index contributed by atoms with van der Waals surface area (Å²) in [6.07, 6.45) is -5.44. The Morgan fingerprint density at radius 3 is 2.10 bits per heavy atom. The molecular weight excluding hydrogens is 703 g/mol. The Hall–Kier alpha value is -4.69. The number of fused-ring (bicyclic) bond motifs is 1. The highest BCUT2D eigenvalue weighted by molar-refractivity contribution is 7.89. The van der Waals surface area contributed by atoms with E-state index in [2.05, 4.69) is 20.3 Å². The largest absolute Gasteiger partial charge is 0.490 e. The molecule has 0 aliphatic rings. The number of aliphatic carboxylic acids is 2. The Balaban J connectivity index is 0.00000154. The summed E-state index contributed by atoms with van der Waals surface area (Å²) >= 11 is 5.64. The molecule has 9 N–H and O–H groups in total. The van der Waals surface area contributed by atoms with E-state index in [9.17, 15) is 40.8 Å². The third kappa shape index (κ3) is 14.5. The van der Waals surface area contributed by atoms with E-state index in [0.717, 1.165) is 5.69 Å². The predicted molar refractivity (Wildman–Crippen MR) is 174 cm³/mol. The molecule has 2 aromatic carbocycles. The molecule has 2 atom stereocenters. The molecule has 272 valence electrons. The summed E-state index contributed by atoms with van der Waals surface area (Å²) in [5, 5.41) is 22.1. The fraction of sp³-hybridized carbons (Fsp3) is 0.429. The lowest BCUT2D eigenvalue weighted by Gasteiger charge is -2.20. The van der Waals surface area contributed by atoms with Crippen LogP contribution in [-0.4, -0.2) is 105 Å². The number of aliphatic imine (C=N–C) groups is 1. The SMILES string of the molecule is CN(C)c1cccc2c(S(=O)(=O)N[C@@H](CCC(=O)O)C(=O)NCC(=O)N[C@@H](CCCN=C(N)N)C(=O)CCl)cccc12.O=C(O)C(F)(F)F. The number of Topliss-reactive ketones (excluding diaryl/α,β-unsaturated/α-hetero) is 1. The first-order chi connectivity index (χ1) is 22.7. The Bertz CT molecular complexity index is 1640. The van der Waals surface area contributed by atoms with Gasteiger partial charge in [-0.25, -0.2) is 13.2 Å². The molecule has 21 heteroatoms. The number of carbonyl (C=O) groups is 5. The number of sulfonamides is 1. The highest BCUT2D eigenvalue weighted by Gasteiger charge is 2.38. The van der Waals surface area contributed by atoms with Crippen molar-refractivity contribution in [3.63, 3.8) is 0 Å². The quantitative estimate of drug-likeness (QED) is 0.0507. The fourth-order valence-corrected chi connectivity index (χ4v) is 5.74. The second-order valence-electron chi connectivity index (χ2n) is 10.3. The van der Waals surface area contributed by atoms with Crippen LogP contribution in [0, 0.1) is 0 Å². The minimum absolute atomic E-state index is 0.0993. The van der Waals surface area contributed by atoms with Crippen molar-refractivity contribution in [1.82, 2.24) is 15.4 Å². The molecule has 49 heavy (non-hydrogen) atoms. The van der Waals surface area contributed by atoms with E-state index in [1.54, 1.807) is 24.3 Å². The first-order valence-electron chi connectivity index (χ1n) is 14.2. The van der Waals surface area contributed by atoms with Gasteiger partial charge in [0.15, 0.2) is 11.7 Å². The maximum absolute atomic E-state index is 13.4. The number of carbonyl (C=O) groups excluding carboxylic acids is 3. The summed E-state index contributed by atoms with van der Waals surface area (Å²) in [7, 11) is -0.690. The van der Waals surface area contributed by atoms with Gasteiger partial charge in [-0.05, 0) is 31.4 Å². The lowest BCUT2D eigenvalue weighted by molar-refractivity contribution is -0.192. The lowest BCUT2D eigenvalue weighted by atomic mass is 10.1. The van der Waals surface area contributed by atoms with Crippen molar-refractivity contribution < 1.29 is 55.8 Å². The molecule has 0 unspecified atom stereocenters. The molecule has 2 rings (SSSR count). The topological polar surface area (TPSA) is 264 Å². The first kappa shape index (κ1) is 42.3. The number of alkyl halides is 4. The maximum Gasteiger partial charge on any atom is 0.490 e. The van der Waals surface area contributed by atoms with Gasteiger partial charge in [0.2, 0.25) is 21.8 Å². The molecule has 0 bridgehead atoms. The zero-order chi connectivity index (χ0) is 37.5. The minimum Gasteiger partial charge on any atom is -0.481 e. The second-order valence-corrected chi connectivity index (χ2v) is 12.3. The van der Waals surface area contributed by atoms with Crippen molar-refractivity contribution in [2.75, 3.05) is 38.0 Å². The van der Waals surface area contributed by atoms with Gasteiger partial charge in [0, 0.05) is 43.5 Å². The molecular formula is C28H37ClF3N7O9S. The Morgan fingerprint density at radius 1 is 0.980 bits per heavy atom. The number of hydrogen-bond donors (Lipinski definition) is 7. The minimum atomic E-state index is -5.08. The molecule has 0 aliphatic heterocycles. The number of nitrogens with zero attached hydrogens (tertiary/aromatic N) is 2. The Kier molecular flexibility index (Phi) is 16.7. The van der Waals surface area contributed by atoms with Gasteiger partial charge in [0.05, 0.1) is 23.4 Å². The normalized spacial score (nSPS) is 12.4. The summed E-state index contributed by atoms with van der Waals surface area (Å²) in [6.45, 7) is -0.385. The maximum atomic E-state index is 13.4. The third-order valence-electron chi connectivity index (χ3n) is 6.36. The molecule has 0 radical (unpaired) electrons. The fourth-order valence-electron chi connectivity index (χ4n) is 4.10. The monoisotopic (exact) mass is 739 g/mol. The Morgan fingerprint density at radius 2 is 1.57 bits per heavy atom. The molecule has 0 fully saturated rings. The van der Waals surface area contributed by atoms with Crippen molar-refractivity contribution >= 4 is 73.6 Å². The number of amides is 2. The number of rotatable bonds is 17. The average Bonchev–Trinajstić information content (AvgIpc) is 3.01. The number of benzene rings is 2. The molecule has 0 aromatic heterocycles. The van der Waals surface area contributed by atoms with Crippen LogP contribution in [0.2, 0.25) is 0 Å². The van der Waals surface area contributed by atoms with Crippen molar-refractivity contribution in [2.24, 2.45) is 16.5 Å².